The molecule has 7 nitrogen and oxygen atoms in total. The predicted octanol–water partition coefficient (Wildman–Crippen LogP) is 4.32. The largest absolute Gasteiger partial charge is 0.395 e. The Morgan fingerprint density at radius 2 is 2.15 bits per heavy atom. The van der Waals surface area contributed by atoms with Crippen LogP contribution in [-0.2, 0) is 0 Å². The van der Waals surface area contributed by atoms with Crippen molar-refractivity contribution in [2.24, 2.45) is 5.92 Å². The molecule has 0 bridgehead atoms. The number of hydrogen-bond donors (Lipinski definition) is 2. The summed E-state index contributed by atoms with van der Waals surface area (Å²) < 4.78 is 13.4. The standard InChI is InChI=1S/C23H28Cl2FN6O/c1-15(18-5-4-17(26)10-19(18)24)29-21-20(25)11-28-22(30-21)32-12-16(13-32)23(27-2)6-3-7-31(14-23)8-9-33/h2,4-5,10-11,15-16,33H,3,6-9,12-14H2,1H3,(H,28,29,30)/q+1/t15-,23-/m1/s1. The monoisotopic (exact) mass is 493 g/mol. The van der Waals surface area contributed by atoms with Crippen LogP contribution < -0.4 is 10.2 Å². The summed E-state index contributed by atoms with van der Waals surface area (Å²) in [5, 5.41) is 13.3. The second kappa shape index (κ2) is 9.98. The first-order valence-corrected chi connectivity index (χ1v) is 11.8. The van der Waals surface area contributed by atoms with Crippen molar-refractivity contribution in [3.8, 4) is 6.57 Å². The third-order valence-electron chi connectivity index (χ3n) is 6.69. The van der Waals surface area contributed by atoms with Crippen LogP contribution in [0.15, 0.2) is 24.4 Å². The highest BCUT2D eigenvalue weighted by Gasteiger charge is 2.56. The minimum absolute atomic E-state index is 0.132. The van der Waals surface area contributed by atoms with Crippen LogP contribution >= 0.6 is 23.2 Å². The van der Waals surface area contributed by atoms with Crippen LogP contribution in [0.2, 0.25) is 10.0 Å². The lowest BCUT2D eigenvalue weighted by atomic mass is 9.74. The number of benzene rings is 1. The van der Waals surface area contributed by atoms with Crippen molar-refractivity contribution in [2.75, 3.05) is 49.5 Å². The Morgan fingerprint density at radius 1 is 1.36 bits per heavy atom. The van der Waals surface area contributed by atoms with Gasteiger partial charge in [-0.15, -0.1) is 0 Å². The van der Waals surface area contributed by atoms with Crippen molar-refractivity contribution in [3.05, 3.63) is 50.7 Å². The number of β-amino-alcohol motifs (C(OH)–C–C–N with tert-alkyl or cyclic N) is 1. The zero-order valence-corrected chi connectivity index (χ0v) is 20.0. The molecule has 0 spiro atoms. The van der Waals surface area contributed by atoms with Gasteiger partial charge in [-0.3, -0.25) is 4.90 Å². The Morgan fingerprint density at radius 3 is 2.85 bits per heavy atom. The molecule has 0 amide bonds. The van der Waals surface area contributed by atoms with Gasteiger partial charge >= 0.3 is 0 Å². The van der Waals surface area contributed by atoms with Gasteiger partial charge in [0.1, 0.15) is 10.8 Å². The van der Waals surface area contributed by atoms with Gasteiger partial charge in [0.25, 0.3) is 12.1 Å². The third-order valence-corrected chi connectivity index (χ3v) is 7.30. The zero-order valence-electron chi connectivity index (χ0n) is 18.5. The number of halogens is 3. The van der Waals surface area contributed by atoms with E-state index in [4.69, 9.17) is 29.8 Å². The van der Waals surface area contributed by atoms with Crippen LogP contribution in [-0.4, -0.2) is 64.8 Å². The van der Waals surface area contributed by atoms with E-state index in [0.29, 0.717) is 28.4 Å². The Kier molecular flexibility index (Phi) is 7.25. The summed E-state index contributed by atoms with van der Waals surface area (Å²) in [5.74, 6) is 0.968. The van der Waals surface area contributed by atoms with E-state index >= 15 is 0 Å². The second-order valence-electron chi connectivity index (χ2n) is 8.84. The lowest BCUT2D eigenvalue weighted by molar-refractivity contribution is 0.0990. The first-order chi connectivity index (χ1) is 15.8. The molecule has 0 saturated carbocycles. The van der Waals surface area contributed by atoms with Crippen LogP contribution in [0, 0.1) is 18.3 Å². The van der Waals surface area contributed by atoms with Gasteiger partial charge in [0.2, 0.25) is 5.95 Å². The maximum atomic E-state index is 13.4. The highest BCUT2D eigenvalue weighted by molar-refractivity contribution is 6.33. The summed E-state index contributed by atoms with van der Waals surface area (Å²) in [6.07, 6.45) is 3.52. The van der Waals surface area contributed by atoms with Gasteiger partial charge in [0.05, 0.1) is 31.3 Å². The third kappa shape index (κ3) is 5.02. The lowest BCUT2D eigenvalue weighted by Crippen LogP contribution is -2.62. The number of likely N-dealkylation sites (tertiary alicyclic amines) is 1. The smallest absolute Gasteiger partial charge is 0.299 e. The molecular weight excluding hydrogens is 466 g/mol. The fourth-order valence-electron chi connectivity index (χ4n) is 4.76. The van der Waals surface area contributed by atoms with Crippen molar-refractivity contribution in [1.29, 1.82) is 0 Å². The van der Waals surface area contributed by atoms with E-state index in [1.165, 1.54) is 12.1 Å². The fourth-order valence-corrected chi connectivity index (χ4v) is 5.24. The molecule has 10 heteroatoms. The van der Waals surface area contributed by atoms with Gasteiger partial charge in [-0.25, -0.2) is 9.37 Å². The molecule has 2 aliphatic rings. The van der Waals surface area contributed by atoms with Gasteiger partial charge in [0.15, 0.2) is 5.82 Å². The molecule has 176 valence electrons. The van der Waals surface area contributed by atoms with Crippen LogP contribution in [0.25, 0.3) is 4.85 Å². The maximum absolute atomic E-state index is 13.4. The Balaban J connectivity index is 1.44. The SMILES string of the molecule is C#[N+][C@]1(C2CN(c3ncc(Cl)c(N[C@H](C)c4ccc(F)cc4Cl)n3)C2)CCCN(CCO)C1. The topological polar surface area (TPSA) is 68.9 Å². The van der Waals surface area contributed by atoms with Crippen LogP contribution in [0.3, 0.4) is 0 Å². The van der Waals surface area contributed by atoms with Gasteiger partial charge < -0.3 is 15.3 Å². The highest BCUT2D eigenvalue weighted by Crippen LogP contribution is 2.39. The second-order valence-corrected chi connectivity index (χ2v) is 9.65. The molecule has 0 unspecified atom stereocenters. The van der Waals surface area contributed by atoms with Gasteiger partial charge in [0, 0.05) is 31.1 Å². The van der Waals surface area contributed by atoms with E-state index in [9.17, 15) is 9.50 Å². The zero-order chi connectivity index (χ0) is 23.6. The molecule has 1 aromatic heterocycles. The van der Waals surface area contributed by atoms with Crippen molar-refractivity contribution in [2.45, 2.75) is 31.3 Å². The van der Waals surface area contributed by atoms with Crippen molar-refractivity contribution in [3.63, 3.8) is 0 Å². The molecule has 2 saturated heterocycles. The quantitative estimate of drug-likeness (QED) is 0.598. The molecule has 2 fully saturated rings. The summed E-state index contributed by atoms with van der Waals surface area (Å²) in [5.41, 5.74) is 0.431. The first-order valence-electron chi connectivity index (χ1n) is 11.1. The summed E-state index contributed by atoms with van der Waals surface area (Å²) in [7, 11) is 0. The average molecular weight is 494 g/mol. The van der Waals surface area contributed by atoms with E-state index in [0.717, 1.165) is 44.6 Å². The van der Waals surface area contributed by atoms with E-state index in [-0.39, 0.29) is 29.9 Å². The predicted molar refractivity (Wildman–Crippen MR) is 130 cm³/mol. The number of nitrogens with zero attached hydrogens (tertiary/aromatic N) is 5. The number of aliphatic hydroxyl groups excluding tert-OH is 1. The van der Waals surface area contributed by atoms with Crippen LogP contribution in [0.1, 0.15) is 31.4 Å². The van der Waals surface area contributed by atoms with Crippen molar-refractivity contribution >= 4 is 35.0 Å². The highest BCUT2D eigenvalue weighted by atomic mass is 35.5. The molecule has 1 aromatic carbocycles. The molecule has 2 aromatic rings. The first kappa shape index (κ1) is 24.0. The molecule has 2 aliphatic heterocycles. The van der Waals surface area contributed by atoms with Crippen molar-refractivity contribution in [1.82, 2.24) is 14.9 Å². The number of aliphatic hydroxyl groups is 1. The van der Waals surface area contributed by atoms with Gasteiger partial charge in [-0.05, 0) is 37.6 Å². The van der Waals surface area contributed by atoms with E-state index in [1.807, 2.05) is 6.92 Å². The van der Waals surface area contributed by atoms with E-state index < -0.39 is 0 Å². The number of rotatable bonds is 7. The molecule has 0 aliphatic carbocycles. The molecule has 2 N–H and O–H groups in total. The summed E-state index contributed by atoms with van der Waals surface area (Å²) >= 11 is 12.5. The molecule has 3 heterocycles. The lowest BCUT2D eigenvalue weighted by Gasteiger charge is -2.45. The van der Waals surface area contributed by atoms with Crippen LogP contribution in [0.5, 0.6) is 0 Å². The Bertz CT molecular complexity index is 1040. The molecule has 2 atom stereocenters. The number of piperidine rings is 1. The molecule has 0 radical (unpaired) electrons. The van der Waals surface area contributed by atoms with Gasteiger partial charge in [-0.2, -0.15) is 4.98 Å². The maximum Gasteiger partial charge on any atom is 0.299 e. The van der Waals surface area contributed by atoms with Gasteiger partial charge in [-0.1, -0.05) is 34.1 Å². The molecule has 4 rings (SSSR count). The molecule has 33 heavy (non-hydrogen) atoms. The number of aromatic nitrogens is 2. The minimum atomic E-state index is -0.384. The number of anilines is 2. The summed E-state index contributed by atoms with van der Waals surface area (Å²) in [6, 6.07) is 4.07. The summed E-state index contributed by atoms with van der Waals surface area (Å²) in [6.45, 7) is 11.8. The van der Waals surface area contributed by atoms with Crippen molar-refractivity contribution < 1.29 is 9.50 Å². The normalized spacial score (nSPS) is 22.5. The fraction of sp³-hybridized carbons (Fsp3) is 0.522. The Hall–Kier alpha value is -2.18. The average Bonchev–Trinajstić information content (AvgIpc) is 2.75. The number of nitrogens with one attached hydrogen (secondary N) is 1. The van der Waals surface area contributed by atoms with Crippen LogP contribution in [0.4, 0.5) is 16.2 Å². The van der Waals surface area contributed by atoms with E-state index in [2.05, 4.69) is 29.9 Å². The van der Waals surface area contributed by atoms with E-state index in [1.54, 1.807) is 12.3 Å². The Labute approximate surface area is 203 Å². The summed E-state index contributed by atoms with van der Waals surface area (Å²) in [4.78, 5) is 17.7. The minimum Gasteiger partial charge on any atom is -0.395 e. The number of hydrogen-bond acceptors (Lipinski definition) is 6. The molecular formula is C23H28Cl2FN6O+.